The van der Waals surface area contributed by atoms with Gasteiger partial charge in [0.1, 0.15) is 0 Å². The first-order chi connectivity index (χ1) is 11.1. The molecule has 1 fully saturated rings. The molecule has 1 heterocycles. The molecule has 0 unspecified atom stereocenters. The quantitative estimate of drug-likeness (QED) is 0.582. The number of nitrogens with zero attached hydrogens (tertiary/aromatic N) is 1. The number of thioether (sulfide) groups is 1. The number of carbonyl (C=O) groups is 1. The van der Waals surface area contributed by atoms with Crippen LogP contribution in [0.5, 0.6) is 0 Å². The fourth-order valence-electron chi connectivity index (χ4n) is 2.39. The molecule has 1 saturated heterocycles. The van der Waals surface area contributed by atoms with Crippen LogP contribution >= 0.6 is 24.0 Å². The van der Waals surface area contributed by atoms with Gasteiger partial charge in [-0.1, -0.05) is 72.9 Å². The van der Waals surface area contributed by atoms with E-state index in [1.165, 1.54) is 17.3 Å². The van der Waals surface area contributed by atoms with E-state index in [9.17, 15) is 4.79 Å². The van der Waals surface area contributed by atoms with Gasteiger partial charge in [-0.15, -0.1) is 0 Å². The van der Waals surface area contributed by atoms with Crippen LogP contribution in [0.3, 0.4) is 0 Å². The van der Waals surface area contributed by atoms with Crippen molar-refractivity contribution in [3.05, 3.63) is 70.1 Å². The number of rotatable bonds is 3. The van der Waals surface area contributed by atoms with E-state index in [2.05, 4.69) is 19.1 Å². The Labute approximate surface area is 146 Å². The molecule has 2 aromatic rings. The van der Waals surface area contributed by atoms with Crippen LogP contribution in [0.15, 0.2) is 53.4 Å². The zero-order chi connectivity index (χ0) is 16.4. The summed E-state index contributed by atoms with van der Waals surface area (Å²) in [7, 11) is 0. The van der Waals surface area contributed by atoms with Gasteiger partial charge in [0.15, 0.2) is 4.32 Å². The van der Waals surface area contributed by atoms with Crippen LogP contribution in [0.25, 0.3) is 6.08 Å². The fraction of sp³-hybridized carbons (Fsp3) is 0.158. The largest absolute Gasteiger partial charge is 0.270 e. The lowest BCUT2D eigenvalue weighted by Crippen LogP contribution is -2.27. The highest BCUT2D eigenvalue weighted by Crippen LogP contribution is 2.36. The number of anilines is 1. The van der Waals surface area contributed by atoms with Crippen molar-refractivity contribution in [2.75, 3.05) is 4.90 Å². The van der Waals surface area contributed by atoms with Crippen molar-refractivity contribution in [3.8, 4) is 0 Å². The minimum atomic E-state index is -0.0524. The predicted molar refractivity (Wildman–Crippen MR) is 103 cm³/mol. The summed E-state index contributed by atoms with van der Waals surface area (Å²) < 4.78 is 0.579. The van der Waals surface area contributed by atoms with Gasteiger partial charge in [-0.3, -0.25) is 9.69 Å². The molecule has 1 aliphatic rings. The molecule has 0 saturated carbocycles. The Morgan fingerprint density at radius 3 is 2.35 bits per heavy atom. The van der Waals surface area contributed by atoms with E-state index in [-0.39, 0.29) is 5.91 Å². The Morgan fingerprint density at radius 1 is 1.09 bits per heavy atom. The Kier molecular flexibility index (Phi) is 4.64. The Hall–Kier alpha value is -1.91. The Balaban J connectivity index is 1.88. The van der Waals surface area contributed by atoms with E-state index < -0.39 is 0 Å². The molecule has 1 aliphatic heterocycles. The molecule has 2 nitrogen and oxygen atoms in total. The molecule has 0 N–H and O–H groups in total. The SMILES string of the molecule is CCc1ccc(C=C2SC(=S)N(c3ccc(C)cc3)C2=O)cc1. The molecule has 0 atom stereocenters. The summed E-state index contributed by atoms with van der Waals surface area (Å²) in [6.45, 7) is 4.15. The molecular formula is C19H17NOS2. The van der Waals surface area contributed by atoms with E-state index in [0.717, 1.165) is 23.2 Å². The normalized spacial score (nSPS) is 16.4. The maximum absolute atomic E-state index is 12.7. The molecule has 1 amide bonds. The van der Waals surface area contributed by atoms with Crippen LogP contribution in [0.2, 0.25) is 0 Å². The van der Waals surface area contributed by atoms with E-state index in [4.69, 9.17) is 12.2 Å². The summed E-state index contributed by atoms with van der Waals surface area (Å²) in [6.07, 6.45) is 2.92. The third-order valence-electron chi connectivity index (χ3n) is 3.77. The first-order valence-electron chi connectivity index (χ1n) is 7.52. The fourth-order valence-corrected chi connectivity index (χ4v) is 3.68. The molecule has 0 aliphatic carbocycles. The number of carbonyl (C=O) groups excluding carboxylic acids is 1. The van der Waals surface area contributed by atoms with Crippen LogP contribution in [-0.4, -0.2) is 10.2 Å². The first-order valence-corrected chi connectivity index (χ1v) is 8.74. The number of hydrogen-bond acceptors (Lipinski definition) is 3. The lowest BCUT2D eigenvalue weighted by atomic mass is 10.1. The maximum atomic E-state index is 12.7. The van der Waals surface area contributed by atoms with Gasteiger partial charge in [-0.25, -0.2) is 0 Å². The summed E-state index contributed by atoms with van der Waals surface area (Å²) >= 11 is 6.75. The molecule has 116 valence electrons. The number of hydrogen-bond donors (Lipinski definition) is 0. The van der Waals surface area contributed by atoms with Crippen LogP contribution in [0.4, 0.5) is 5.69 Å². The van der Waals surface area contributed by atoms with E-state index in [0.29, 0.717) is 9.23 Å². The number of aryl methyl sites for hydroxylation is 2. The molecule has 3 rings (SSSR count). The summed E-state index contributed by atoms with van der Waals surface area (Å²) in [4.78, 5) is 14.9. The second-order valence-corrected chi connectivity index (χ2v) is 7.12. The van der Waals surface area contributed by atoms with Crippen molar-refractivity contribution in [1.82, 2.24) is 0 Å². The van der Waals surface area contributed by atoms with E-state index in [1.807, 2.05) is 49.4 Å². The number of benzene rings is 2. The van der Waals surface area contributed by atoms with Gasteiger partial charge < -0.3 is 0 Å². The van der Waals surface area contributed by atoms with Crippen molar-refractivity contribution >= 4 is 46.0 Å². The van der Waals surface area contributed by atoms with Crippen molar-refractivity contribution < 1.29 is 4.79 Å². The van der Waals surface area contributed by atoms with Gasteiger partial charge >= 0.3 is 0 Å². The number of amides is 1. The molecular weight excluding hydrogens is 322 g/mol. The molecule has 4 heteroatoms. The highest BCUT2D eigenvalue weighted by atomic mass is 32.2. The number of thiocarbonyl (C=S) groups is 1. The summed E-state index contributed by atoms with van der Waals surface area (Å²) in [5.74, 6) is -0.0524. The van der Waals surface area contributed by atoms with Crippen molar-refractivity contribution in [2.24, 2.45) is 0 Å². The maximum Gasteiger partial charge on any atom is 0.270 e. The highest BCUT2D eigenvalue weighted by Gasteiger charge is 2.33. The third-order valence-corrected chi connectivity index (χ3v) is 5.07. The van der Waals surface area contributed by atoms with Crippen molar-refractivity contribution in [3.63, 3.8) is 0 Å². The minimum absolute atomic E-state index is 0.0524. The van der Waals surface area contributed by atoms with Gasteiger partial charge in [-0.05, 0) is 42.7 Å². The topological polar surface area (TPSA) is 20.3 Å². The molecule has 0 bridgehead atoms. The van der Waals surface area contributed by atoms with Crippen LogP contribution in [-0.2, 0) is 11.2 Å². The zero-order valence-corrected chi connectivity index (χ0v) is 14.7. The third kappa shape index (κ3) is 3.38. The van der Waals surface area contributed by atoms with Crippen LogP contribution < -0.4 is 4.90 Å². The summed E-state index contributed by atoms with van der Waals surface area (Å²) in [5, 5.41) is 0. The molecule has 23 heavy (non-hydrogen) atoms. The lowest BCUT2D eigenvalue weighted by Gasteiger charge is -2.14. The standard InChI is InChI=1S/C19H17NOS2/c1-3-14-6-8-15(9-7-14)12-17-18(21)20(19(22)23-17)16-10-4-13(2)5-11-16/h4-12H,3H2,1-2H3. The smallest absolute Gasteiger partial charge is 0.268 e. The van der Waals surface area contributed by atoms with Gasteiger partial charge in [0, 0.05) is 0 Å². The molecule has 2 aromatic carbocycles. The van der Waals surface area contributed by atoms with Crippen LogP contribution in [0, 0.1) is 6.92 Å². The Morgan fingerprint density at radius 2 is 1.74 bits per heavy atom. The molecule has 0 spiro atoms. The van der Waals surface area contributed by atoms with Gasteiger partial charge in [0.05, 0.1) is 10.6 Å². The highest BCUT2D eigenvalue weighted by molar-refractivity contribution is 8.27. The average molecular weight is 339 g/mol. The monoisotopic (exact) mass is 339 g/mol. The first kappa shape index (κ1) is 16.0. The minimum Gasteiger partial charge on any atom is -0.268 e. The Bertz CT molecular complexity index is 776. The van der Waals surface area contributed by atoms with Gasteiger partial charge in [0.25, 0.3) is 5.91 Å². The lowest BCUT2D eigenvalue weighted by molar-refractivity contribution is -0.113. The second kappa shape index (κ2) is 6.69. The molecule has 0 radical (unpaired) electrons. The second-order valence-electron chi connectivity index (χ2n) is 5.45. The summed E-state index contributed by atoms with van der Waals surface area (Å²) in [5.41, 5.74) is 4.29. The van der Waals surface area contributed by atoms with Gasteiger partial charge in [-0.2, -0.15) is 0 Å². The van der Waals surface area contributed by atoms with E-state index >= 15 is 0 Å². The average Bonchev–Trinajstić information content (AvgIpc) is 2.83. The molecule has 0 aromatic heterocycles. The predicted octanol–water partition coefficient (Wildman–Crippen LogP) is 4.96. The van der Waals surface area contributed by atoms with Crippen molar-refractivity contribution in [1.29, 1.82) is 0 Å². The van der Waals surface area contributed by atoms with Gasteiger partial charge in [0.2, 0.25) is 0 Å². The zero-order valence-electron chi connectivity index (χ0n) is 13.1. The van der Waals surface area contributed by atoms with E-state index in [1.54, 1.807) is 4.90 Å². The van der Waals surface area contributed by atoms with Crippen molar-refractivity contribution in [2.45, 2.75) is 20.3 Å². The summed E-state index contributed by atoms with van der Waals surface area (Å²) in [6, 6.07) is 16.1. The van der Waals surface area contributed by atoms with Crippen LogP contribution in [0.1, 0.15) is 23.6 Å².